The van der Waals surface area contributed by atoms with E-state index in [1.807, 2.05) is 13.0 Å². The van der Waals surface area contributed by atoms with Crippen molar-refractivity contribution in [3.05, 3.63) is 16.5 Å². The molecule has 1 aromatic heterocycles. The summed E-state index contributed by atoms with van der Waals surface area (Å²) in [7, 11) is 0. The van der Waals surface area contributed by atoms with Crippen molar-refractivity contribution < 1.29 is 5.11 Å². The highest BCUT2D eigenvalue weighted by Gasteiger charge is 2.30. The Morgan fingerprint density at radius 1 is 1.41 bits per heavy atom. The van der Waals surface area contributed by atoms with Crippen LogP contribution < -0.4 is 5.32 Å². The van der Waals surface area contributed by atoms with Gasteiger partial charge in [-0.15, -0.1) is 0 Å². The van der Waals surface area contributed by atoms with E-state index in [0.29, 0.717) is 6.54 Å². The smallest absolute Gasteiger partial charge is 0.131 e. The molecule has 94 valence electrons. The van der Waals surface area contributed by atoms with E-state index in [4.69, 9.17) is 0 Å². The quantitative estimate of drug-likeness (QED) is 0.839. The predicted molar refractivity (Wildman–Crippen MR) is 71.0 cm³/mol. The lowest BCUT2D eigenvalue weighted by Gasteiger charge is -2.22. The minimum Gasteiger partial charge on any atom is -0.388 e. The fourth-order valence-corrected chi connectivity index (χ4v) is 2.60. The summed E-state index contributed by atoms with van der Waals surface area (Å²) >= 11 is 3.37. The third kappa shape index (κ3) is 3.39. The first-order valence-corrected chi connectivity index (χ1v) is 6.90. The third-order valence-corrected chi connectivity index (χ3v) is 3.60. The molecule has 1 saturated carbocycles. The minimum absolute atomic E-state index is 0.552. The van der Waals surface area contributed by atoms with Crippen LogP contribution >= 0.6 is 15.9 Å². The molecule has 2 rings (SSSR count). The summed E-state index contributed by atoms with van der Waals surface area (Å²) in [6.07, 6.45) is 4.80. The van der Waals surface area contributed by atoms with Crippen molar-refractivity contribution in [3.63, 3.8) is 0 Å². The lowest BCUT2D eigenvalue weighted by molar-refractivity contribution is 0.0614. The molecule has 0 spiro atoms. The van der Waals surface area contributed by atoms with Gasteiger partial charge in [0, 0.05) is 19.0 Å². The number of rotatable bonds is 4. The van der Waals surface area contributed by atoms with Gasteiger partial charge in [0.1, 0.15) is 16.2 Å². The number of hydrogen-bond donors (Lipinski definition) is 2. The van der Waals surface area contributed by atoms with Gasteiger partial charge in [0.25, 0.3) is 0 Å². The van der Waals surface area contributed by atoms with Crippen LogP contribution in [0.25, 0.3) is 0 Å². The Morgan fingerprint density at radius 3 is 2.76 bits per heavy atom. The number of aromatic nitrogens is 2. The summed E-state index contributed by atoms with van der Waals surface area (Å²) in [5.41, 5.74) is -0.552. The molecular weight excluding hydrogens is 282 g/mol. The zero-order valence-corrected chi connectivity index (χ0v) is 11.6. The Kier molecular flexibility index (Phi) is 3.99. The van der Waals surface area contributed by atoms with Crippen LogP contribution in [0.3, 0.4) is 0 Å². The van der Waals surface area contributed by atoms with Gasteiger partial charge in [-0.25, -0.2) is 9.97 Å². The van der Waals surface area contributed by atoms with Crippen molar-refractivity contribution in [1.82, 2.24) is 9.97 Å². The Labute approximate surface area is 110 Å². The summed E-state index contributed by atoms with van der Waals surface area (Å²) in [5.74, 6) is 1.59. The highest BCUT2D eigenvalue weighted by molar-refractivity contribution is 9.10. The van der Waals surface area contributed by atoms with E-state index in [0.717, 1.165) is 48.3 Å². The fraction of sp³-hybridized carbons (Fsp3) is 0.667. The van der Waals surface area contributed by atoms with Crippen molar-refractivity contribution in [2.24, 2.45) is 0 Å². The van der Waals surface area contributed by atoms with Crippen LogP contribution in [0.5, 0.6) is 0 Å². The maximum Gasteiger partial charge on any atom is 0.131 e. The number of nitrogens with zero attached hydrogens (tertiary/aromatic N) is 2. The third-order valence-electron chi connectivity index (χ3n) is 3.19. The lowest BCUT2D eigenvalue weighted by atomic mass is 10.0. The number of nitrogens with one attached hydrogen (secondary N) is 1. The molecule has 0 saturated heterocycles. The van der Waals surface area contributed by atoms with E-state index in [2.05, 4.69) is 31.2 Å². The zero-order valence-electron chi connectivity index (χ0n) is 10.0. The first kappa shape index (κ1) is 12.8. The van der Waals surface area contributed by atoms with Crippen LogP contribution in [-0.2, 0) is 6.42 Å². The van der Waals surface area contributed by atoms with Crippen LogP contribution in [0.2, 0.25) is 0 Å². The topological polar surface area (TPSA) is 58.0 Å². The summed E-state index contributed by atoms with van der Waals surface area (Å²) in [5, 5.41) is 13.4. The molecule has 2 N–H and O–H groups in total. The molecule has 1 heterocycles. The molecule has 0 amide bonds. The van der Waals surface area contributed by atoms with Crippen molar-refractivity contribution in [3.8, 4) is 0 Å². The molecule has 0 bridgehead atoms. The van der Waals surface area contributed by atoms with Crippen molar-refractivity contribution in [1.29, 1.82) is 0 Å². The molecule has 4 nitrogen and oxygen atoms in total. The summed E-state index contributed by atoms with van der Waals surface area (Å²) in [6.45, 7) is 2.59. The number of halogens is 1. The van der Waals surface area contributed by atoms with Gasteiger partial charge in [0.15, 0.2) is 0 Å². The summed E-state index contributed by atoms with van der Waals surface area (Å²) < 4.78 is 0.783. The van der Waals surface area contributed by atoms with Gasteiger partial charge in [-0.3, -0.25) is 0 Å². The normalized spacial score (nSPS) is 18.3. The molecule has 5 heteroatoms. The monoisotopic (exact) mass is 299 g/mol. The number of aryl methyl sites for hydroxylation is 1. The standard InChI is InChI=1S/C12H18BrN3O/c1-2-10-15-9(13)7-11(16-10)14-8-12(17)5-3-4-6-12/h7,17H,2-6,8H2,1H3,(H,14,15,16). The molecule has 1 aliphatic rings. The molecular formula is C12H18BrN3O. The lowest BCUT2D eigenvalue weighted by Crippen LogP contribution is -2.33. The Morgan fingerprint density at radius 2 is 2.12 bits per heavy atom. The molecule has 0 aromatic carbocycles. The zero-order chi connectivity index (χ0) is 12.3. The molecule has 0 aliphatic heterocycles. The SMILES string of the molecule is CCc1nc(Br)cc(NCC2(O)CCCC2)n1. The van der Waals surface area contributed by atoms with Crippen molar-refractivity contribution in [2.45, 2.75) is 44.6 Å². The average Bonchev–Trinajstić information content (AvgIpc) is 2.73. The van der Waals surface area contributed by atoms with Gasteiger partial charge in [-0.2, -0.15) is 0 Å². The molecule has 1 aromatic rings. The Bertz CT molecular complexity index is 391. The van der Waals surface area contributed by atoms with E-state index in [-0.39, 0.29) is 0 Å². The largest absolute Gasteiger partial charge is 0.388 e. The Balaban J connectivity index is 2.00. The molecule has 0 radical (unpaired) electrons. The average molecular weight is 300 g/mol. The Hall–Kier alpha value is -0.680. The van der Waals surface area contributed by atoms with Crippen LogP contribution in [0.1, 0.15) is 38.4 Å². The molecule has 0 unspecified atom stereocenters. The fourth-order valence-electron chi connectivity index (χ4n) is 2.18. The first-order chi connectivity index (χ1) is 8.11. The highest BCUT2D eigenvalue weighted by atomic mass is 79.9. The van der Waals surface area contributed by atoms with E-state index in [1.54, 1.807) is 0 Å². The van der Waals surface area contributed by atoms with Crippen LogP contribution in [0, 0.1) is 0 Å². The van der Waals surface area contributed by atoms with Crippen LogP contribution in [0.4, 0.5) is 5.82 Å². The minimum atomic E-state index is -0.552. The number of anilines is 1. The van der Waals surface area contributed by atoms with E-state index in [1.165, 1.54) is 0 Å². The van der Waals surface area contributed by atoms with E-state index < -0.39 is 5.60 Å². The second kappa shape index (κ2) is 5.31. The van der Waals surface area contributed by atoms with Gasteiger partial charge in [0.2, 0.25) is 0 Å². The van der Waals surface area contributed by atoms with Crippen molar-refractivity contribution in [2.75, 3.05) is 11.9 Å². The van der Waals surface area contributed by atoms with Gasteiger partial charge in [-0.05, 0) is 28.8 Å². The van der Waals surface area contributed by atoms with Gasteiger partial charge in [-0.1, -0.05) is 19.8 Å². The predicted octanol–water partition coefficient (Wildman–Crippen LogP) is 2.52. The van der Waals surface area contributed by atoms with Gasteiger partial charge in [0.05, 0.1) is 5.60 Å². The summed E-state index contributed by atoms with van der Waals surface area (Å²) in [4.78, 5) is 8.63. The highest BCUT2D eigenvalue weighted by Crippen LogP contribution is 2.29. The van der Waals surface area contributed by atoms with Gasteiger partial charge >= 0.3 is 0 Å². The van der Waals surface area contributed by atoms with Gasteiger partial charge < -0.3 is 10.4 Å². The maximum absolute atomic E-state index is 10.2. The second-order valence-electron chi connectivity index (χ2n) is 4.63. The van der Waals surface area contributed by atoms with Crippen molar-refractivity contribution >= 4 is 21.7 Å². The summed E-state index contributed by atoms with van der Waals surface area (Å²) in [6, 6.07) is 1.84. The first-order valence-electron chi connectivity index (χ1n) is 6.11. The second-order valence-corrected chi connectivity index (χ2v) is 5.44. The molecule has 1 fully saturated rings. The molecule has 0 atom stereocenters. The van der Waals surface area contributed by atoms with E-state index >= 15 is 0 Å². The number of hydrogen-bond acceptors (Lipinski definition) is 4. The van der Waals surface area contributed by atoms with Crippen LogP contribution in [-0.4, -0.2) is 27.2 Å². The van der Waals surface area contributed by atoms with Crippen LogP contribution in [0.15, 0.2) is 10.7 Å². The number of aliphatic hydroxyl groups is 1. The molecule has 17 heavy (non-hydrogen) atoms. The molecule has 1 aliphatic carbocycles. The van der Waals surface area contributed by atoms with E-state index in [9.17, 15) is 5.11 Å². The maximum atomic E-state index is 10.2.